The zero-order chi connectivity index (χ0) is 18.2. The number of aromatic nitrogens is 2. The Morgan fingerprint density at radius 3 is 2.52 bits per heavy atom. The molecule has 8 heteroatoms. The van der Waals surface area contributed by atoms with Crippen LogP contribution in [-0.4, -0.2) is 16.0 Å². The van der Waals surface area contributed by atoms with E-state index in [-0.39, 0.29) is 11.6 Å². The molecule has 3 aromatic rings. The van der Waals surface area contributed by atoms with Gasteiger partial charge < -0.3 is 10.3 Å². The number of fused-ring (bicyclic) bond motifs is 1. The lowest BCUT2D eigenvalue weighted by molar-refractivity contribution is -0.137. The monoisotopic (exact) mass is 348 g/mol. The summed E-state index contributed by atoms with van der Waals surface area (Å²) in [4.78, 5) is 19.2. The number of carbonyl (C=O) groups excluding carboxylic acids is 1. The molecule has 2 aromatic carbocycles. The molecular weight excluding hydrogens is 333 g/mol. The first-order valence-electron chi connectivity index (χ1n) is 7.44. The number of hydrogen-bond donors (Lipinski definition) is 3. The molecule has 3 N–H and O–H groups in total. The van der Waals surface area contributed by atoms with Crippen LogP contribution >= 0.6 is 0 Å². The maximum atomic E-state index is 12.7. The van der Waals surface area contributed by atoms with Gasteiger partial charge in [-0.3, -0.25) is 5.32 Å². The van der Waals surface area contributed by atoms with Crippen LogP contribution in [0.15, 0.2) is 36.4 Å². The lowest BCUT2D eigenvalue weighted by Gasteiger charge is -2.09. The fourth-order valence-electron chi connectivity index (χ4n) is 2.37. The van der Waals surface area contributed by atoms with Gasteiger partial charge in [0.2, 0.25) is 5.95 Å². The number of H-pyrrole nitrogens is 1. The van der Waals surface area contributed by atoms with Crippen LogP contribution in [0.1, 0.15) is 16.7 Å². The summed E-state index contributed by atoms with van der Waals surface area (Å²) in [5.74, 6) is 0.212. The lowest BCUT2D eigenvalue weighted by Crippen LogP contribution is -2.20. The van der Waals surface area contributed by atoms with Gasteiger partial charge in [-0.25, -0.2) is 9.78 Å². The van der Waals surface area contributed by atoms with Crippen molar-refractivity contribution in [2.75, 3.05) is 10.6 Å². The van der Waals surface area contributed by atoms with Crippen LogP contribution in [0.2, 0.25) is 0 Å². The molecule has 3 rings (SSSR count). The van der Waals surface area contributed by atoms with Gasteiger partial charge in [-0.05, 0) is 55.3 Å². The van der Waals surface area contributed by atoms with E-state index in [0.29, 0.717) is 5.52 Å². The van der Waals surface area contributed by atoms with Crippen molar-refractivity contribution >= 4 is 28.7 Å². The van der Waals surface area contributed by atoms with Gasteiger partial charge in [0.1, 0.15) is 0 Å². The van der Waals surface area contributed by atoms with Gasteiger partial charge in [0.05, 0.1) is 16.6 Å². The van der Waals surface area contributed by atoms with Crippen LogP contribution in [0.4, 0.5) is 29.6 Å². The minimum atomic E-state index is -4.47. The molecule has 1 aromatic heterocycles. The second-order valence-corrected chi connectivity index (χ2v) is 5.70. The van der Waals surface area contributed by atoms with Gasteiger partial charge in [-0.15, -0.1) is 0 Å². The Hall–Kier alpha value is -3.03. The molecule has 0 aliphatic carbocycles. The smallest absolute Gasteiger partial charge is 0.324 e. The van der Waals surface area contributed by atoms with E-state index in [1.165, 1.54) is 12.1 Å². The molecule has 0 saturated heterocycles. The van der Waals surface area contributed by atoms with Gasteiger partial charge in [0.15, 0.2) is 0 Å². The molecule has 0 bridgehead atoms. The van der Waals surface area contributed by atoms with E-state index in [1.54, 1.807) is 0 Å². The predicted molar refractivity (Wildman–Crippen MR) is 89.7 cm³/mol. The minimum Gasteiger partial charge on any atom is -0.324 e. The number of carbonyl (C=O) groups is 1. The molecule has 0 saturated carbocycles. The number of nitrogens with zero attached hydrogens (tertiary/aromatic N) is 1. The highest BCUT2D eigenvalue weighted by Crippen LogP contribution is 2.30. The fraction of sp³-hybridized carbons (Fsp3) is 0.176. The van der Waals surface area contributed by atoms with E-state index >= 15 is 0 Å². The largest absolute Gasteiger partial charge is 0.416 e. The molecule has 0 atom stereocenters. The summed E-state index contributed by atoms with van der Waals surface area (Å²) in [6.45, 7) is 3.92. The molecule has 2 amide bonds. The van der Waals surface area contributed by atoms with Crippen molar-refractivity contribution in [1.82, 2.24) is 9.97 Å². The predicted octanol–water partition coefficient (Wildman–Crippen LogP) is 4.84. The Kier molecular flexibility index (Phi) is 4.12. The molecule has 1 heterocycles. The lowest BCUT2D eigenvalue weighted by atomic mass is 10.1. The number of nitrogens with one attached hydrogen (secondary N) is 3. The number of anilines is 2. The average Bonchev–Trinajstić information content (AvgIpc) is 2.88. The number of benzene rings is 2. The molecule has 0 fully saturated rings. The van der Waals surface area contributed by atoms with Crippen molar-refractivity contribution in [3.63, 3.8) is 0 Å². The van der Waals surface area contributed by atoms with E-state index in [2.05, 4.69) is 20.6 Å². The van der Waals surface area contributed by atoms with Gasteiger partial charge in [-0.2, -0.15) is 13.2 Å². The Labute approximate surface area is 141 Å². The summed E-state index contributed by atoms with van der Waals surface area (Å²) >= 11 is 0. The summed E-state index contributed by atoms with van der Waals surface area (Å²) < 4.78 is 38.1. The van der Waals surface area contributed by atoms with E-state index in [9.17, 15) is 18.0 Å². The van der Waals surface area contributed by atoms with Crippen molar-refractivity contribution in [2.24, 2.45) is 0 Å². The van der Waals surface area contributed by atoms with Crippen LogP contribution in [-0.2, 0) is 6.18 Å². The highest BCUT2D eigenvalue weighted by atomic mass is 19.4. The number of hydrogen-bond acceptors (Lipinski definition) is 2. The van der Waals surface area contributed by atoms with E-state index in [4.69, 9.17) is 0 Å². The van der Waals surface area contributed by atoms with Gasteiger partial charge in [-0.1, -0.05) is 6.07 Å². The Morgan fingerprint density at radius 1 is 1.08 bits per heavy atom. The number of aryl methyl sites for hydroxylation is 2. The Bertz CT molecular complexity index is 908. The quantitative estimate of drug-likeness (QED) is 0.620. The number of alkyl halides is 3. The fourth-order valence-corrected chi connectivity index (χ4v) is 2.37. The number of imidazole rings is 1. The molecule has 5 nitrogen and oxygen atoms in total. The van der Waals surface area contributed by atoms with Crippen LogP contribution in [0, 0.1) is 13.8 Å². The maximum Gasteiger partial charge on any atom is 0.416 e. The third-order valence-electron chi connectivity index (χ3n) is 3.78. The van der Waals surface area contributed by atoms with Gasteiger partial charge in [0, 0.05) is 5.69 Å². The Balaban J connectivity index is 1.75. The first-order valence-corrected chi connectivity index (χ1v) is 7.44. The van der Waals surface area contributed by atoms with Crippen molar-refractivity contribution in [3.8, 4) is 0 Å². The van der Waals surface area contributed by atoms with Crippen molar-refractivity contribution < 1.29 is 18.0 Å². The molecule has 0 unspecified atom stereocenters. The third kappa shape index (κ3) is 3.73. The van der Waals surface area contributed by atoms with Crippen molar-refractivity contribution in [3.05, 3.63) is 53.1 Å². The van der Waals surface area contributed by atoms with Crippen molar-refractivity contribution in [1.29, 1.82) is 0 Å². The molecule has 25 heavy (non-hydrogen) atoms. The number of urea groups is 1. The second-order valence-electron chi connectivity index (χ2n) is 5.70. The minimum absolute atomic E-state index is 0.0372. The summed E-state index contributed by atoms with van der Waals surface area (Å²) in [5.41, 5.74) is 2.81. The van der Waals surface area contributed by atoms with Crippen LogP contribution < -0.4 is 10.6 Å². The average molecular weight is 348 g/mol. The second kappa shape index (κ2) is 6.12. The normalized spacial score (nSPS) is 11.6. The molecule has 0 aliphatic rings. The maximum absolute atomic E-state index is 12.7. The van der Waals surface area contributed by atoms with E-state index in [0.717, 1.165) is 28.8 Å². The van der Waals surface area contributed by atoms with E-state index < -0.39 is 17.8 Å². The van der Waals surface area contributed by atoms with Crippen LogP contribution in [0.3, 0.4) is 0 Å². The summed E-state index contributed by atoms with van der Waals surface area (Å²) in [6, 6.07) is 7.51. The number of amides is 2. The summed E-state index contributed by atoms with van der Waals surface area (Å²) in [7, 11) is 0. The highest BCUT2D eigenvalue weighted by Gasteiger charge is 2.30. The van der Waals surface area contributed by atoms with Gasteiger partial charge in [0.25, 0.3) is 0 Å². The number of halogens is 3. The van der Waals surface area contributed by atoms with Gasteiger partial charge >= 0.3 is 12.2 Å². The van der Waals surface area contributed by atoms with Crippen LogP contribution in [0.5, 0.6) is 0 Å². The zero-order valence-corrected chi connectivity index (χ0v) is 13.5. The number of rotatable bonds is 2. The molecule has 0 aliphatic heterocycles. The molecular formula is C17H15F3N4O. The van der Waals surface area contributed by atoms with Crippen LogP contribution in [0.25, 0.3) is 11.0 Å². The zero-order valence-electron chi connectivity index (χ0n) is 13.5. The first-order chi connectivity index (χ1) is 11.7. The molecule has 130 valence electrons. The third-order valence-corrected chi connectivity index (χ3v) is 3.78. The molecule has 0 radical (unpaired) electrons. The SMILES string of the molecule is Cc1cc2nc(NC(=O)Nc3cccc(C(F)(F)F)c3)[nH]c2cc1C. The first kappa shape index (κ1) is 16.8. The summed E-state index contributed by atoms with van der Waals surface area (Å²) in [6.07, 6.45) is -4.47. The summed E-state index contributed by atoms with van der Waals surface area (Å²) in [5, 5.41) is 4.84. The number of aromatic amines is 1. The van der Waals surface area contributed by atoms with E-state index in [1.807, 2.05) is 26.0 Å². The standard InChI is InChI=1S/C17H15F3N4O/c1-9-6-13-14(7-10(9)2)23-15(22-13)24-16(25)21-12-5-3-4-11(8-12)17(18,19)20/h3-8H,1-2H3,(H3,21,22,23,24,25). The topological polar surface area (TPSA) is 69.8 Å². The Morgan fingerprint density at radius 2 is 1.80 bits per heavy atom. The molecule has 0 spiro atoms. The highest BCUT2D eigenvalue weighted by molar-refractivity contribution is 5.99. The van der Waals surface area contributed by atoms with Crippen molar-refractivity contribution in [2.45, 2.75) is 20.0 Å².